The zero-order valence-corrected chi connectivity index (χ0v) is 15.0. The van der Waals surface area contributed by atoms with Crippen LogP contribution in [0, 0.1) is 0 Å². The van der Waals surface area contributed by atoms with Gasteiger partial charge in [0.15, 0.2) is 11.7 Å². The Kier molecular flexibility index (Phi) is 4.64. The highest BCUT2D eigenvalue weighted by Gasteiger charge is 2.19. The quantitative estimate of drug-likeness (QED) is 0.703. The van der Waals surface area contributed by atoms with E-state index in [0.29, 0.717) is 40.9 Å². The van der Waals surface area contributed by atoms with Gasteiger partial charge < -0.3 is 15.1 Å². The highest BCUT2D eigenvalue weighted by Crippen LogP contribution is 2.28. The fourth-order valence-corrected chi connectivity index (χ4v) is 3.17. The molecule has 0 atom stereocenters. The van der Waals surface area contributed by atoms with Gasteiger partial charge in [-0.2, -0.15) is 0 Å². The minimum absolute atomic E-state index is 0.118. The summed E-state index contributed by atoms with van der Waals surface area (Å²) in [5.41, 5.74) is 2.90. The van der Waals surface area contributed by atoms with Crippen molar-refractivity contribution in [2.24, 2.45) is 0 Å². The summed E-state index contributed by atoms with van der Waals surface area (Å²) < 4.78 is 5.70. The maximum atomic E-state index is 12.2. The van der Waals surface area contributed by atoms with E-state index in [9.17, 15) is 9.59 Å². The van der Waals surface area contributed by atoms with E-state index in [1.165, 1.54) is 0 Å². The number of carbonyl (C=O) groups is 2. The molecule has 1 aliphatic rings. The van der Waals surface area contributed by atoms with Crippen molar-refractivity contribution in [2.45, 2.75) is 19.4 Å². The first-order chi connectivity index (χ1) is 13.1. The summed E-state index contributed by atoms with van der Waals surface area (Å²) in [4.78, 5) is 28.1. The summed E-state index contributed by atoms with van der Waals surface area (Å²) in [6, 6.07) is 12.7. The van der Waals surface area contributed by atoms with Crippen molar-refractivity contribution in [3.05, 3.63) is 70.7 Å². The summed E-state index contributed by atoms with van der Waals surface area (Å²) in [7, 11) is 0. The van der Waals surface area contributed by atoms with E-state index >= 15 is 0 Å². The van der Waals surface area contributed by atoms with Gasteiger partial charge in [-0.15, -0.1) is 0 Å². The molecule has 2 N–H and O–H groups in total. The highest BCUT2D eigenvalue weighted by atomic mass is 35.5. The average Bonchev–Trinajstić information content (AvgIpc) is 3.28. The van der Waals surface area contributed by atoms with Crippen LogP contribution >= 0.6 is 11.6 Å². The molecule has 7 heteroatoms. The van der Waals surface area contributed by atoms with Gasteiger partial charge in [0.25, 0.3) is 5.91 Å². The molecule has 0 bridgehead atoms. The molecule has 2 aromatic carbocycles. The van der Waals surface area contributed by atoms with Gasteiger partial charge in [-0.3, -0.25) is 9.59 Å². The van der Waals surface area contributed by atoms with Gasteiger partial charge in [-0.05, 0) is 29.8 Å². The van der Waals surface area contributed by atoms with Gasteiger partial charge in [0.2, 0.25) is 5.91 Å². The first-order valence-electron chi connectivity index (χ1n) is 8.51. The second-order valence-corrected chi connectivity index (χ2v) is 6.61. The predicted octanol–water partition coefficient (Wildman–Crippen LogP) is 3.81. The number of halogens is 1. The molecule has 2 amide bonds. The Morgan fingerprint density at radius 1 is 1.22 bits per heavy atom. The van der Waals surface area contributed by atoms with E-state index in [-0.39, 0.29) is 18.2 Å². The molecular formula is C20H16ClN3O3. The molecule has 1 aliphatic heterocycles. The van der Waals surface area contributed by atoms with Crippen LogP contribution in [0.5, 0.6) is 0 Å². The number of anilines is 1. The highest BCUT2D eigenvalue weighted by molar-refractivity contribution is 6.33. The Morgan fingerprint density at radius 3 is 2.93 bits per heavy atom. The number of hydrogen-bond donors (Lipinski definition) is 2. The van der Waals surface area contributed by atoms with Crippen molar-refractivity contribution in [1.29, 1.82) is 0 Å². The molecular weight excluding hydrogens is 366 g/mol. The molecule has 0 saturated carbocycles. The number of benzene rings is 2. The molecule has 0 spiro atoms. The summed E-state index contributed by atoms with van der Waals surface area (Å²) in [6.45, 7) is 0.528. The third-order valence-corrected chi connectivity index (χ3v) is 4.67. The third-order valence-electron chi connectivity index (χ3n) is 4.34. The maximum absolute atomic E-state index is 12.2. The molecule has 0 fully saturated rings. The summed E-state index contributed by atoms with van der Waals surface area (Å²) in [5.74, 6) is 0.743. The number of aryl methyl sites for hydroxylation is 1. The minimum Gasteiger partial charge on any atom is -0.441 e. The van der Waals surface area contributed by atoms with Crippen LogP contribution in [0.4, 0.5) is 5.69 Å². The molecule has 0 radical (unpaired) electrons. The number of fused-ring (bicyclic) bond motifs is 1. The van der Waals surface area contributed by atoms with E-state index in [2.05, 4.69) is 15.6 Å². The number of rotatable bonds is 5. The van der Waals surface area contributed by atoms with Crippen LogP contribution < -0.4 is 10.6 Å². The summed E-state index contributed by atoms with van der Waals surface area (Å²) in [5, 5.41) is 6.13. The number of nitrogens with one attached hydrogen (secondary N) is 2. The van der Waals surface area contributed by atoms with Crippen LogP contribution in [-0.4, -0.2) is 16.8 Å². The fourth-order valence-electron chi connectivity index (χ4n) is 2.95. The number of amides is 2. The lowest BCUT2D eigenvalue weighted by Gasteiger charge is -2.06. The van der Waals surface area contributed by atoms with Crippen LogP contribution in [0.2, 0.25) is 5.02 Å². The van der Waals surface area contributed by atoms with Crippen molar-refractivity contribution in [2.75, 3.05) is 5.32 Å². The van der Waals surface area contributed by atoms with E-state index in [1.807, 2.05) is 24.3 Å². The molecule has 1 aromatic heterocycles. The van der Waals surface area contributed by atoms with Crippen LogP contribution in [0.25, 0.3) is 11.3 Å². The summed E-state index contributed by atoms with van der Waals surface area (Å²) >= 11 is 6.16. The number of carbonyl (C=O) groups excluding carboxylic acids is 2. The standard InChI is InChI=1S/C20H16ClN3O3/c21-16-4-2-1-3-14(16)17-11-22-19(27-17)8-7-18(25)24-13-6-5-12-10-23-20(26)15(12)9-13/h1-6,9,11H,7-8,10H2,(H,23,26)(H,24,25). The van der Waals surface area contributed by atoms with Gasteiger partial charge in [-0.25, -0.2) is 4.98 Å². The van der Waals surface area contributed by atoms with Crippen molar-refractivity contribution in [1.82, 2.24) is 10.3 Å². The van der Waals surface area contributed by atoms with Gasteiger partial charge >= 0.3 is 0 Å². The van der Waals surface area contributed by atoms with Gasteiger partial charge in [0.05, 0.1) is 11.2 Å². The van der Waals surface area contributed by atoms with E-state index in [1.54, 1.807) is 24.4 Å². The average molecular weight is 382 g/mol. The fraction of sp³-hybridized carbons (Fsp3) is 0.150. The normalized spacial score (nSPS) is 12.6. The second-order valence-electron chi connectivity index (χ2n) is 6.20. The molecule has 6 nitrogen and oxygen atoms in total. The lowest BCUT2D eigenvalue weighted by molar-refractivity contribution is -0.116. The molecule has 0 aliphatic carbocycles. The zero-order chi connectivity index (χ0) is 18.8. The maximum Gasteiger partial charge on any atom is 0.251 e. The Hall–Kier alpha value is -3.12. The Bertz CT molecular complexity index is 1030. The second kappa shape index (κ2) is 7.25. The first kappa shape index (κ1) is 17.3. The number of nitrogens with zero attached hydrogens (tertiary/aromatic N) is 1. The van der Waals surface area contributed by atoms with Crippen LogP contribution in [0.15, 0.2) is 53.1 Å². The van der Waals surface area contributed by atoms with Gasteiger partial charge in [0, 0.05) is 36.2 Å². The monoisotopic (exact) mass is 381 g/mol. The first-order valence-corrected chi connectivity index (χ1v) is 8.88. The number of hydrogen-bond acceptors (Lipinski definition) is 4. The predicted molar refractivity (Wildman–Crippen MR) is 102 cm³/mol. The topological polar surface area (TPSA) is 84.2 Å². The van der Waals surface area contributed by atoms with Crippen LogP contribution in [0.1, 0.15) is 28.2 Å². The molecule has 2 heterocycles. The largest absolute Gasteiger partial charge is 0.441 e. The minimum atomic E-state index is -0.175. The molecule has 27 heavy (non-hydrogen) atoms. The summed E-state index contributed by atoms with van der Waals surface area (Å²) in [6.07, 6.45) is 2.18. The van der Waals surface area contributed by atoms with Crippen molar-refractivity contribution < 1.29 is 14.0 Å². The number of oxazole rings is 1. The molecule has 3 aromatic rings. The van der Waals surface area contributed by atoms with Gasteiger partial charge in [0.1, 0.15) is 0 Å². The zero-order valence-electron chi connectivity index (χ0n) is 14.3. The smallest absolute Gasteiger partial charge is 0.251 e. The van der Waals surface area contributed by atoms with Crippen molar-refractivity contribution in [3.63, 3.8) is 0 Å². The molecule has 136 valence electrons. The molecule has 4 rings (SSSR count). The third kappa shape index (κ3) is 3.71. The van der Waals surface area contributed by atoms with Crippen LogP contribution in [0.3, 0.4) is 0 Å². The van der Waals surface area contributed by atoms with Gasteiger partial charge in [-0.1, -0.05) is 29.8 Å². The van der Waals surface area contributed by atoms with E-state index in [4.69, 9.17) is 16.0 Å². The lowest BCUT2D eigenvalue weighted by atomic mass is 10.1. The number of aromatic nitrogens is 1. The molecule has 0 saturated heterocycles. The lowest BCUT2D eigenvalue weighted by Crippen LogP contribution is -2.14. The van der Waals surface area contributed by atoms with E-state index < -0.39 is 0 Å². The SMILES string of the molecule is O=C(CCc1ncc(-c2ccccc2Cl)o1)Nc1ccc2c(c1)C(=O)NC2. The Labute approximate surface area is 160 Å². The van der Waals surface area contributed by atoms with E-state index in [0.717, 1.165) is 11.1 Å². The van der Waals surface area contributed by atoms with Crippen molar-refractivity contribution >= 4 is 29.1 Å². The van der Waals surface area contributed by atoms with Crippen LogP contribution in [-0.2, 0) is 17.8 Å². The molecule has 0 unspecified atom stereocenters. The van der Waals surface area contributed by atoms with Crippen molar-refractivity contribution in [3.8, 4) is 11.3 Å². The Balaban J connectivity index is 1.37. The Morgan fingerprint density at radius 2 is 2.07 bits per heavy atom.